The number of rotatable bonds is 7. The van der Waals surface area contributed by atoms with E-state index in [1.165, 1.54) is 30.9 Å². The number of hydrogen-bond acceptors (Lipinski definition) is 4. The number of amides is 2. The summed E-state index contributed by atoms with van der Waals surface area (Å²) in [5.41, 5.74) is -0.538. The Morgan fingerprint density at radius 3 is 2.64 bits per heavy atom. The highest BCUT2D eigenvalue weighted by Gasteiger charge is 2.33. The van der Waals surface area contributed by atoms with Gasteiger partial charge in [-0.1, -0.05) is 41.6 Å². The third kappa shape index (κ3) is 6.29. The minimum atomic E-state index is -4.61. The van der Waals surface area contributed by atoms with Gasteiger partial charge in [-0.2, -0.15) is 13.2 Å². The van der Waals surface area contributed by atoms with Crippen molar-refractivity contribution in [2.45, 2.75) is 23.5 Å². The van der Waals surface area contributed by atoms with Crippen LogP contribution in [0.4, 0.5) is 18.9 Å². The number of nitrogens with one attached hydrogen (secondary N) is 1. The normalized spacial score (nSPS) is 12.3. The van der Waals surface area contributed by atoms with Gasteiger partial charge < -0.3 is 10.2 Å². The van der Waals surface area contributed by atoms with Gasteiger partial charge in [0.2, 0.25) is 11.8 Å². The molecule has 6 nitrogen and oxygen atoms in total. The van der Waals surface area contributed by atoms with Gasteiger partial charge >= 0.3 is 6.18 Å². The Labute approximate surface area is 197 Å². The first-order valence-corrected chi connectivity index (χ1v) is 11.0. The maximum atomic E-state index is 13.1. The van der Waals surface area contributed by atoms with Gasteiger partial charge in [0, 0.05) is 30.2 Å². The highest BCUT2D eigenvalue weighted by Crippen LogP contribution is 2.34. The van der Waals surface area contributed by atoms with Crippen molar-refractivity contribution in [3.8, 4) is 5.69 Å². The molecule has 1 aromatic heterocycles. The summed E-state index contributed by atoms with van der Waals surface area (Å²) in [6.07, 6.45) is -1.28. The van der Waals surface area contributed by atoms with Gasteiger partial charge in [-0.05, 0) is 37.3 Å². The zero-order valence-corrected chi connectivity index (χ0v) is 19.2. The van der Waals surface area contributed by atoms with Crippen LogP contribution in [-0.2, 0) is 15.8 Å². The van der Waals surface area contributed by atoms with Crippen LogP contribution in [0.15, 0.2) is 66.1 Å². The Balaban J connectivity index is 1.63. The summed E-state index contributed by atoms with van der Waals surface area (Å²) in [7, 11) is 1.41. The molecular weight excluding hydrogens is 477 g/mol. The number of imidazole rings is 1. The predicted molar refractivity (Wildman–Crippen MR) is 122 cm³/mol. The van der Waals surface area contributed by atoms with Crippen LogP contribution in [0.25, 0.3) is 5.69 Å². The zero-order chi connectivity index (χ0) is 24.2. The fraction of sp³-hybridized carbons (Fsp3) is 0.227. The maximum absolute atomic E-state index is 13.1. The van der Waals surface area contributed by atoms with Gasteiger partial charge in [-0.15, -0.1) is 0 Å². The molecule has 2 aromatic carbocycles. The van der Waals surface area contributed by atoms with E-state index in [2.05, 4.69) is 10.3 Å². The summed E-state index contributed by atoms with van der Waals surface area (Å²) < 4.78 is 41.1. The molecule has 1 atom stereocenters. The number of carbonyl (C=O) groups is 2. The van der Waals surface area contributed by atoms with Crippen LogP contribution in [0.2, 0.25) is 5.02 Å². The molecule has 1 heterocycles. The largest absolute Gasteiger partial charge is 0.418 e. The molecule has 0 spiro atoms. The summed E-state index contributed by atoms with van der Waals surface area (Å²) in [4.78, 5) is 30.5. The predicted octanol–water partition coefficient (Wildman–Crippen LogP) is 5.12. The topological polar surface area (TPSA) is 67.2 Å². The second kappa shape index (κ2) is 10.3. The fourth-order valence-electron chi connectivity index (χ4n) is 3.04. The van der Waals surface area contributed by atoms with Gasteiger partial charge in [0.1, 0.15) is 0 Å². The van der Waals surface area contributed by atoms with Gasteiger partial charge in [0.25, 0.3) is 0 Å². The molecule has 3 rings (SSSR count). The number of anilines is 1. The molecule has 33 heavy (non-hydrogen) atoms. The SMILES string of the molecule is C[C@H](Sc1nccn1-c1cccc(Cl)c1)C(=O)N(C)CC(=O)Nc1ccccc1C(F)(F)F. The van der Waals surface area contributed by atoms with Crippen LogP contribution < -0.4 is 5.32 Å². The first kappa shape index (κ1) is 24.7. The number of thioether (sulfide) groups is 1. The molecule has 3 aromatic rings. The molecule has 0 fully saturated rings. The van der Waals surface area contributed by atoms with Crippen molar-refractivity contribution in [2.24, 2.45) is 0 Å². The second-order valence-electron chi connectivity index (χ2n) is 7.11. The van der Waals surface area contributed by atoms with E-state index in [9.17, 15) is 22.8 Å². The number of alkyl halides is 3. The van der Waals surface area contributed by atoms with Crippen LogP contribution in [0.5, 0.6) is 0 Å². The molecule has 0 aliphatic rings. The lowest BCUT2D eigenvalue weighted by Gasteiger charge is -2.21. The number of likely N-dealkylation sites (N-methyl/N-ethyl adjacent to an activating group) is 1. The van der Waals surface area contributed by atoms with E-state index < -0.39 is 29.4 Å². The van der Waals surface area contributed by atoms with E-state index in [-0.39, 0.29) is 11.6 Å². The Morgan fingerprint density at radius 1 is 1.21 bits per heavy atom. The monoisotopic (exact) mass is 496 g/mol. The van der Waals surface area contributed by atoms with Crippen molar-refractivity contribution >= 4 is 40.9 Å². The van der Waals surface area contributed by atoms with Gasteiger partial charge in [-0.25, -0.2) is 4.98 Å². The van der Waals surface area contributed by atoms with Crippen LogP contribution in [0.3, 0.4) is 0 Å². The molecule has 0 radical (unpaired) electrons. The van der Waals surface area contributed by atoms with Crippen molar-refractivity contribution < 1.29 is 22.8 Å². The van der Waals surface area contributed by atoms with E-state index >= 15 is 0 Å². The molecule has 0 unspecified atom stereocenters. The summed E-state index contributed by atoms with van der Waals surface area (Å²) in [6, 6.07) is 11.8. The number of nitrogens with zero attached hydrogens (tertiary/aromatic N) is 3. The third-order valence-corrected chi connectivity index (χ3v) is 5.89. The van der Waals surface area contributed by atoms with E-state index in [0.29, 0.717) is 10.2 Å². The highest BCUT2D eigenvalue weighted by atomic mass is 35.5. The maximum Gasteiger partial charge on any atom is 0.418 e. The lowest BCUT2D eigenvalue weighted by molar-refractivity contribution is -0.137. The smallest absolute Gasteiger partial charge is 0.335 e. The molecule has 1 N–H and O–H groups in total. The van der Waals surface area contributed by atoms with Gasteiger partial charge in [0.05, 0.1) is 23.0 Å². The van der Waals surface area contributed by atoms with Crippen molar-refractivity contribution in [1.29, 1.82) is 0 Å². The van der Waals surface area contributed by atoms with Crippen molar-refractivity contribution in [2.75, 3.05) is 18.9 Å². The second-order valence-corrected chi connectivity index (χ2v) is 8.85. The molecule has 2 amide bonds. The first-order valence-electron chi connectivity index (χ1n) is 9.73. The molecule has 174 valence electrons. The number of para-hydroxylation sites is 1. The minimum Gasteiger partial charge on any atom is -0.335 e. The standard InChI is InChI=1S/C22H20ClF3N4O2S/c1-14(33-21-27-10-11-30(21)16-7-5-6-15(23)12-16)20(32)29(2)13-19(31)28-18-9-4-3-8-17(18)22(24,25)26/h3-12,14H,13H2,1-2H3,(H,28,31)/t14-/m0/s1. The van der Waals surface area contributed by atoms with E-state index in [1.54, 1.807) is 42.1 Å². The molecule has 0 aliphatic heterocycles. The number of halogens is 4. The summed E-state index contributed by atoms with van der Waals surface area (Å²) >= 11 is 7.24. The van der Waals surface area contributed by atoms with Crippen molar-refractivity contribution in [3.63, 3.8) is 0 Å². The molecule has 0 saturated heterocycles. The van der Waals surface area contributed by atoms with Crippen molar-refractivity contribution in [1.82, 2.24) is 14.5 Å². The molecular formula is C22H20ClF3N4O2S. The van der Waals surface area contributed by atoms with E-state index in [4.69, 9.17) is 11.6 Å². The Morgan fingerprint density at radius 2 is 1.94 bits per heavy atom. The summed E-state index contributed by atoms with van der Waals surface area (Å²) in [6.45, 7) is 1.26. The Kier molecular flexibility index (Phi) is 7.70. The van der Waals surface area contributed by atoms with E-state index in [1.807, 2.05) is 6.07 Å². The van der Waals surface area contributed by atoms with Crippen molar-refractivity contribution in [3.05, 3.63) is 71.5 Å². The molecule has 0 aliphatic carbocycles. The first-order chi connectivity index (χ1) is 15.6. The molecule has 0 saturated carbocycles. The summed E-state index contributed by atoms with van der Waals surface area (Å²) in [5, 5.41) is 2.73. The Bertz CT molecular complexity index is 1150. The molecule has 11 heteroatoms. The Hall–Kier alpha value is -2.98. The van der Waals surface area contributed by atoms with Crippen LogP contribution in [-0.4, -0.2) is 45.1 Å². The van der Waals surface area contributed by atoms with Crippen LogP contribution in [0.1, 0.15) is 12.5 Å². The number of hydrogen-bond donors (Lipinski definition) is 1. The number of carbonyl (C=O) groups excluding carboxylic acids is 2. The average molecular weight is 497 g/mol. The third-order valence-electron chi connectivity index (χ3n) is 4.59. The minimum absolute atomic E-state index is 0.359. The lowest BCUT2D eigenvalue weighted by atomic mass is 10.1. The quantitative estimate of drug-likeness (QED) is 0.461. The average Bonchev–Trinajstić information content (AvgIpc) is 3.20. The van der Waals surface area contributed by atoms with Crippen LogP contribution in [0, 0.1) is 0 Å². The number of benzene rings is 2. The highest BCUT2D eigenvalue weighted by molar-refractivity contribution is 8.00. The van der Waals surface area contributed by atoms with Gasteiger partial charge in [-0.3, -0.25) is 14.2 Å². The van der Waals surface area contributed by atoms with Gasteiger partial charge in [0.15, 0.2) is 5.16 Å². The zero-order valence-electron chi connectivity index (χ0n) is 17.6. The molecule has 0 bridgehead atoms. The number of aromatic nitrogens is 2. The lowest BCUT2D eigenvalue weighted by Crippen LogP contribution is -2.39. The fourth-order valence-corrected chi connectivity index (χ4v) is 4.22. The summed E-state index contributed by atoms with van der Waals surface area (Å²) in [5.74, 6) is -1.11. The van der Waals surface area contributed by atoms with Crippen LogP contribution >= 0.6 is 23.4 Å². The van der Waals surface area contributed by atoms with E-state index in [0.717, 1.165) is 22.7 Å².